The van der Waals surface area contributed by atoms with Crippen molar-refractivity contribution in [2.75, 3.05) is 18.0 Å². The number of carbonyl (C=O) groups excluding carboxylic acids is 2. The number of ether oxygens (including phenoxy) is 1. The molecule has 0 saturated heterocycles. The van der Waals surface area contributed by atoms with Gasteiger partial charge in [0.2, 0.25) is 11.8 Å². The van der Waals surface area contributed by atoms with Gasteiger partial charge in [-0.1, -0.05) is 87.7 Å². The highest BCUT2D eigenvalue weighted by Gasteiger charge is 2.36. The summed E-state index contributed by atoms with van der Waals surface area (Å²) >= 11 is 9.87. The Labute approximate surface area is 290 Å². The Balaban J connectivity index is 1.87. The summed E-state index contributed by atoms with van der Waals surface area (Å²) in [6.07, 6.45) is 0.202. The number of aryl methyl sites for hydroxylation is 1. The van der Waals surface area contributed by atoms with Crippen LogP contribution in [0.3, 0.4) is 0 Å². The summed E-state index contributed by atoms with van der Waals surface area (Å²) < 4.78 is 36.0. The zero-order chi connectivity index (χ0) is 34.4. The van der Waals surface area contributed by atoms with Gasteiger partial charge in [-0.2, -0.15) is 0 Å². The molecule has 0 aromatic heterocycles. The van der Waals surface area contributed by atoms with Crippen molar-refractivity contribution < 1.29 is 22.7 Å². The van der Waals surface area contributed by atoms with Crippen LogP contribution in [0.5, 0.6) is 5.75 Å². The van der Waals surface area contributed by atoms with Crippen molar-refractivity contribution in [3.8, 4) is 5.75 Å². The van der Waals surface area contributed by atoms with Crippen molar-refractivity contribution in [3.05, 3.63) is 123 Å². The third-order valence-corrected chi connectivity index (χ3v) is 9.81. The van der Waals surface area contributed by atoms with Gasteiger partial charge in [-0.15, -0.1) is 0 Å². The SMILES string of the molecule is COc1ccc(Cl)cc1N(CC(=O)N(Cc1cccc(Br)c1)[C@H](Cc1ccccc1)C(=O)NC(C)(C)C)S(=O)(=O)c1ccc(C)cc1. The summed E-state index contributed by atoms with van der Waals surface area (Å²) in [6, 6.07) is 26.8. The van der Waals surface area contributed by atoms with Gasteiger partial charge in [0.15, 0.2) is 0 Å². The lowest BCUT2D eigenvalue weighted by Crippen LogP contribution is -2.56. The molecule has 11 heteroatoms. The highest BCUT2D eigenvalue weighted by atomic mass is 79.9. The van der Waals surface area contributed by atoms with Crippen LogP contribution in [-0.4, -0.2) is 50.4 Å². The number of nitrogens with zero attached hydrogens (tertiary/aromatic N) is 2. The molecule has 0 aliphatic heterocycles. The first-order valence-corrected chi connectivity index (χ1v) is 17.6. The second-order valence-corrected chi connectivity index (χ2v) is 15.5. The molecule has 4 aromatic carbocycles. The van der Waals surface area contributed by atoms with E-state index in [9.17, 15) is 18.0 Å². The molecule has 0 aliphatic carbocycles. The van der Waals surface area contributed by atoms with Crippen molar-refractivity contribution in [3.63, 3.8) is 0 Å². The number of anilines is 1. The summed E-state index contributed by atoms with van der Waals surface area (Å²) in [5, 5.41) is 3.29. The maximum atomic E-state index is 14.7. The van der Waals surface area contributed by atoms with Gasteiger partial charge in [-0.05, 0) is 81.3 Å². The van der Waals surface area contributed by atoms with E-state index in [0.29, 0.717) is 0 Å². The zero-order valence-electron chi connectivity index (χ0n) is 27.0. The number of carbonyl (C=O) groups is 2. The first-order valence-electron chi connectivity index (χ1n) is 15.0. The van der Waals surface area contributed by atoms with Gasteiger partial charge in [0.25, 0.3) is 10.0 Å². The minimum absolute atomic E-state index is 0.0113. The van der Waals surface area contributed by atoms with E-state index < -0.39 is 34.1 Å². The summed E-state index contributed by atoms with van der Waals surface area (Å²) in [5.41, 5.74) is 1.97. The van der Waals surface area contributed by atoms with E-state index >= 15 is 0 Å². The smallest absolute Gasteiger partial charge is 0.264 e. The minimum atomic E-state index is -4.32. The largest absolute Gasteiger partial charge is 0.495 e. The Bertz CT molecular complexity index is 1810. The number of sulfonamides is 1. The van der Waals surface area contributed by atoms with E-state index in [1.807, 2.05) is 82.3 Å². The van der Waals surface area contributed by atoms with E-state index in [-0.39, 0.29) is 40.2 Å². The van der Waals surface area contributed by atoms with Gasteiger partial charge in [0, 0.05) is 28.0 Å². The summed E-state index contributed by atoms with van der Waals surface area (Å²) in [5.74, 6) is -0.742. The second kappa shape index (κ2) is 15.4. The van der Waals surface area contributed by atoms with Gasteiger partial charge in [-0.25, -0.2) is 8.42 Å². The molecule has 0 bridgehead atoms. The molecule has 0 saturated carbocycles. The monoisotopic (exact) mass is 739 g/mol. The first-order chi connectivity index (χ1) is 22.2. The number of hydrogen-bond acceptors (Lipinski definition) is 5. The molecule has 4 aromatic rings. The Morgan fingerprint density at radius 3 is 2.19 bits per heavy atom. The molecule has 47 heavy (non-hydrogen) atoms. The molecular formula is C36H39BrClN3O5S. The molecule has 1 N–H and O–H groups in total. The van der Waals surface area contributed by atoms with E-state index in [0.717, 1.165) is 25.5 Å². The Morgan fingerprint density at radius 1 is 0.915 bits per heavy atom. The van der Waals surface area contributed by atoms with Crippen molar-refractivity contribution in [2.45, 2.75) is 57.1 Å². The Morgan fingerprint density at radius 2 is 1.57 bits per heavy atom. The first kappa shape index (κ1) is 36.0. The fourth-order valence-electron chi connectivity index (χ4n) is 5.05. The van der Waals surface area contributed by atoms with Gasteiger partial charge in [0.1, 0.15) is 18.3 Å². The third kappa shape index (κ3) is 9.59. The third-order valence-electron chi connectivity index (χ3n) is 7.31. The zero-order valence-corrected chi connectivity index (χ0v) is 30.2. The molecule has 2 amide bonds. The molecule has 4 rings (SSSR count). The van der Waals surface area contributed by atoms with Crippen LogP contribution < -0.4 is 14.4 Å². The molecule has 0 aliphatic rings. The molecule has 0 radical (unpaired) electrons. The van der Waals surface area contributed by atoms with Gasteiger partial charge >= 0.3 is 0 Å². The van der Waals surface area contributed by atoms with E-state index in [1.165, 1.54) is 30.2 Å². The molecule has 0 fully saturated rings. The van der Waals surface area contributed by atoms with Gasteiger partial charge in [-0.3, -0.25) is 13.9 Å². The van der Waals surface area contributed by atoms with Crippen molar-refractivity contribution in [1.29, 1.82) is 0 Å². The fraction of sp³-hybridized carbons (Fsp3) is 0.278. The Kier molecular flexibility index (Phi) is 11.8. The van der Waals surface area contributed by atoms with Crippen LogP contribution in [0.1, 0.15) is 37.5 Å². The summed E-state index contributed by atoms with van der Waals surface area (Å²) in [6.45, 7) is 6.87. The molecular weight excluding hydrogens is 702 g/mol. The molecule has 1 atom stereocenters. The number of benzene rings is 4. The molecule has 0 heterocycles. The van der Waals surface area contributed by atoms with Gasteiger partial charge < -0.3 is 15.0 Å². The predicted molar refractivity (Wildman–Crippen MR) is 190 cm³/mol. The molecule has 0 spiro atoms. The number of hydrogen-bond donors (Lipinski definition) is 1. The maximum absolute atomic E-state index is 14.7. The number of amides is 2. The molecule has 8 nitrogen and oxygen atoms in total. The van der Waals surface area contributed by atoms with Crippen molar-refractivity contribution in [1.82, 2.24) is 10.2 Å². The second-order valence-electron chi connectivity index (χ2n) is 12.2. The lowest BCUT2D eigenvalue weighted by molar-refractivity contribution is -0.140. The predicted octanol–water partition coefficient (Wildman–Crippen LogP) is 7.17. The van der Waals surface area contributed by atoms with Gasteiger partial charge in [0.05, 0.1) is 17.7 Å². The van der Waals surface area contributed by atoms with Crippen LogP contribution in [-0.2, 0) is 32.6 Å². The summed E-state index contributed by atoms with van der Waals surface area (Å²) in [4.78, 5) is 30.2. The van der Waals surface area contributed by atoms with Crippen LogP contribution in [0.4, 0.5) is 5.69 Å². The van der Waals surface area contributed by atoms with Crippen molar-refractivity contribution in [2.24, 2.45) is 0 Å². The topological polar surface area (TPSA) is 96.0 Å². The molecule has 0 unspecified atom stereocenters. The maximum Gasteiger partial charge on any atom is 0.264 e. The van der Waals surface area contributed by atoms with E-state index in [2.05, 4.69) is 21.2 Å². The van der Waals surface area contributed by atoms with Crippen LogP contribution in [0.25, 0.3) is 0 Å². The summed E-state index contributed by atoms with van der Waals surface area (Å²) in [7, 11) is -2.91. The van der Waals surface area contributed by atoms with Crippen LogP contribution in [0, 0.1) is 6.92 Å². The van der Waals surface area contributed by atoms with E-state index in [4.69, 9.17) is 16.3 Å². The normalized spacial score (nSPS) is 12.2. The highest BCUT2D eigenvalue weighted by molar-refractivity contribution is 9.10. The number of methoxy groups -OCH3 is 1. The fourth-order valence-corrected chi connectivity index (χ4v) is 7.08. The average molecular weight is 741 g/mol. The van der Waals surface area contributed by atoms with Crippen molar-refractivity contribution >= 4 is 55.1 Å². The lowest BCUT2D eigenvalue weighted by Gasteiger charge is -2.35. The number of nitrogens with one attached hydrogen (secondary N) is 1. The quantitative estimate of drug-likeness (QED) is 0.166. The lowest BCUT2D eigenvalue weighted by atomic mass is 10.0. The van der Waals surface area contributed by atoms with E-state index in [1.54, 1.807) is 24.3 Å². The average Bonchev–Trinajstić information content (AvgIpc) is 3.01. The molecule has 248 valence electrons. The van der Waals surface area contributed by atoms with Crippen LogP contribution in [0.15, 0.2) is 106 Å². The Hall–Kier alpha value is -3.86. The van der Waals surface area contributed by atoms with Crippen LogP contribution >= 0.6 is 27.5 Å². The van der Waals surface area contributed by atoms with Crippen LogP contribution in [0.2, 0.25) is 5.02 Å². The number of rotatable bonds is 12. The number of halogens is 2. The standard InChI is InChI=1S/C36H39BrClN3O5S/c1-25-14-17-30(18-15-25)47(44,45)41(31-22-29(38)16-19-33(31)46-5)24-34(42)40(23-27-12-9-13-28(37)20-27)32(35(43)39-36(2,3)4)21-26-10-7-6-8-11-26/h6-20,22,32H,21,23-24H2,1-5H3,(H,39,43)/t32-/m1/s1. The minimum Gasteiger partial charge on any atom is -0.495 e. The highest BCUT2D eigenvalue weighted by Crippen LogP contribution is 2.35.